The number of aromatic nitrogens is 2. The van der Waals surface area contributed by atoms with Gasteiger partial charge < -0.3 is 28.8 Å². The number of fused-ring (bicyclic) bond motifs is 3. The normalized spacial score (nSPS) is 21.6. The van der Waals surface area contributed by atoms with Crippen LogP contribution in [0.15, 0.2) is 95.9 Å². The van der Waals surface area contributed by atoms with Crippen molar-refractivity contribution in [2.75, 3.05) is 20.8 Å². The first-order chi connectivity index (χ1) is 19.0. The lowest BCUT2D eigenvalue weighted by atomic mass is 9.80. The quantitative estimate of drug-likeness (QED) is 0.348. The summed E-state index contributed by atoms with van der Waals surface area (Å²) in [7, 11) is 3.25. The molecular formula is C30H28N2O7. The van der Waals surface area contributed by atoms with E-state index in [0.717, 1.165) is 28.2 Å². The zero-order valence-corrected chi connectivity index (χ0v) is 21.5. The molecule has 1 fully saturated rings. The number of rotatable bonds is 8. The van der Waals surface area contributed by atoms with Crippen molar-refractivity contribution in [3.8, 4) is 17.5 Å². The third-order valence-corrected chi connectivity index (χ3v) is 7.27. The molecule has 1 aromatic heterocycles. The fourth-order valence-electron chi connectivity index (χ4n) is 5.29. The predicted octanol–water partition coefficient (Wildman–Crippen LogP) is 3.29. The van der Waals surface area contributed by atoms with Gasteiger partial charge in [-0.3, -0.25) is 9.36 Å². The second-order valence-electron chi connectivity index (χ2n) is 9.41. The Morgan fingerprint density at radius 3 is 2.05 bits per heavy atom. The van der Waals surface area contributed by atoms with Crippen molar-refractivity contribution in [3.05, 3.63) is 118 Å². The number of aliphatic hydroxyl groups is 1. The Labute approximate surface area is 225 Å². The zero-order chi connectivity index (χ0) is 27.0. The fraction of sp³-hybridized carbons (Fsp3) is 0.267. The average Bonchev–Trinajstić information content (AvgIpc) is 3.49. The molecule has 1 saturated heterocycles. The van der Waals surface area contributed by atoms with Crippen LogP contribution in [0, 0.1) is 0 Å². The summed E-state index contributed by atoms with van der Waals surface area (Å²) in [6.07, 6.45) is -1.47. The van der Waals surface area contributed by atoms with Crippen LogP contribution in [0.5, 0.6) is 17.5 Å². The molecule has 2 aliphatic heterocycles. The summed E-state index contributed by atoms with van der Waals surface area (Å²) in [6, 6.07) is 26.8. The maximum absolute atomic E-state index is 11.6. The van der Waals surface area contributed by atoms with E-state index in [-0.39, 0.29) is 12.6 Å². The molecule has 0 unspecified atom stereocenters. The lowest BCUT2D eigenvalue weighted by Crippen LogP contribution is -2.40. The van der Waals surface area contributed by atoms with Gasteiger partial charge in [-0.05, 0) is 41.0 Å². The molecule has 200 valence electrons. The largest absolute Gasteiger partial charge is 0.497 e. The first kappa shape index (κ1) is 25.1. The van der Waals surface area contributed by atoms with Crippen molar-refractivity contribution in [2.24, 2.45) is 0 Å². The monoisotopic (exact) mass is 528 g/mol. The molecule has 0 spiro atoms. The van der Waals surface area contributed by atoms with Gasteiger partial charge in [-0.15, -0.1) is 0 Å². The smallest absolute Gasteiger partial charge is 0.302 e. The zero-order valence-electron chi connectivity index (χ0n) is 21.5. The van der Waals surface area contributed by atoms with Crippen LogP contribution in [0.3, 0.4) is 0 Å². The van der Waals surface area contributed by atoms with Gasteiger partial charge in [-0.25, -0.2) is 0 Å². The molecule has 39 heavy (non-hydrogen) atoms. The van der Waals surface area contributed by atoms with E-state index in [0.29, 0.717) is 0 Å². The number of benzene rings is 3. The minimum Gasteiger partial charge on any atom is -0.497 e. The van der Waals surface area contributed by atoms with Crippen molar-refractivity contribution in [1.29, 1.82) is 0 Å². The molecule has 0 amide bonds. The standard InChI is InChI=1S/C30H28N2O7/c1-35-22-12-8-20(9-13-22)30(19-6-4-3-5-7-19,21-10-14-23(36-2)15-11-21)37-18-24-26(34)27-28(38-24)32-17-16-25(33)31-29(32)39-27/h3-17,24,26-28,34H,18H2,1-2H3/t24-,26-,27-,28-/m1/s1. The van der Waals surface area contributed by atoms with Crippen LogP contribution in [0.2, 0.25) is 0 Å². The molecule has 0 saturated carbocycles. The van der Waals surface area contributed by atoms with Crippen LogP contribution in [0.1, 0.15) is 22.9 Å². The molecule has 0 bridgehead atoms. The summed E-state index contributed by atoms with van der Waals surface area (Å²) < 4.78 is 31.3. The second-order valence-corrected chi connectivity index (χ2v) is 9.41. The highest BCUT2D eigenvalue weighted by Crippen LogP contribution is 2.44. The number of ether oxygens (including phenoxy) is 5. The molecular weight excluding hydrogens is 500 g/mol. The third kappa shape index (κ3) is 4.34. The maximum atomic E-state index is 11.6. The molecule has 0 radical (unpaired) electrons. The van der Waals surface area contributed by atoms with E-state index in [2.05, 4.69) is 4.98 Å². The van der Waals surface area contributed by atoms with Crippen molar-refractivity contribution < 1.29 is 28.8 Å². The summed E-state index contributed by atoms with van der Waals surface area (Å²) >= 11 is 0. The van der Waals surface area contributed by atoms with Gasteiger partial charge in [0.15, 0.2) is 12.3 Å². The first-order valence-electron chi connectivity index (χ1n) is 12.6. The Bertz CT molecular complexity index is 1440. The molecule has 3 heterocycles. The van der Waals surface area contributed by atoms with Crippen LogP contribution in [-0.2, 0) is 15.1 Å². The number of nitrogens with zero attached hydrogens (tertiary/aromatic N) is 2. The van der Waals surface area contributed by atoms with Crippen LogP contribution in [0.4, 0.5) is 0 Å². The van der Waals surface area contributed by atoms with Gasteiger partial charge in [0.25, 0.3) is 5.56 Å². The van der Waals surface area contributed by atoms with E-state index in [1.165, 1.54) is 6.07 Å². The van der Waals surface area contributed by atoms with E-state index >= 15 is 0 Å². The van der Waals surface area contributed by atoms with Crippen molar-refractivity contribution in [2.45, 2.75) is 30.1 Å². The Balaban J connectivity index is 1.39. The van der Waals surface area contributed by atoms with Crippen molar-refractivity contribution in [3.63, 3.8) is 0 Å². The van der Waals surface area contributed by atoms with E-state index in [1.807, 2.05) is 78.9 Å². The van der Waals surface area contributed by atoms with Crippen LogP contribution in [-0.4, -0.2) is 53.8 Å². The average molecular weight is 529 g/mol. The van der Waals surface area contributed by atoms with Gasteiger partial charge in [-0.1, -0.05) is 54.6 Å². The summed E-state index contributed by atoms with van der Waals surface area (Å²) in [5.74, 6) is 1.45. The summed E-state index contributed by atoms with van der Waals surface area (Å²) in [5, 5.41) is 11.2. The molecule has 6 rings (SSSR count). The topological polar surface area (TPSA) is 101 Å². The Morgan fingerprint density at radius 1 is 0.872 bits per heavy atom. The first-order valence-corrected chi connectivity index (χ1v) is 12.6. The third-order valence-electron chi connectivity index (χ3n) is 7.27. The number of aliphatic hydroxyl groups excluding tert-OH is 1. The Hall–Kier alpha value is -4.18. The number of hydrogen-bond acceptors (Lipinski definition) is 8. The van der Waals surface area contributed by atoms with Crippen molar-refractivity contribution >= 4 is 0 Å². The fourth-order valence-corrected chi connectivity index (χ4v) is 5.29. The molecule has 0 aliphatic carbocycles. The highest BCUT2D eigenvalue weighted by atomic mass is 16.6. The van der Waals surface area contributed by atoms with Gasteiger partial charge in [0.2, 0.25) is 0 Å². The molecule has 2 aliphatic rings. The molecule has 1 N–H and O–H groups in total. The minimum absolute atomic E-state index is 0.0490. The number of methoxy groups -OCH3 is 2. The van der Waals surface area contributed by atoms with Gasteiger partial charge in [0.05, 0.1) is 20.8 Å². The number of hydrogen-bond donors (Lipinski definition) is 1. The van der Waals surface area contributed by atoms with Gasteiger partial charge in [-0.2, -0.15) is 4.98 Å². The molecule has 3 aromatic carbocycles. The van der Waals surface area contributed by atoms with E-state index in [1.54, 1.807) is 25.0 Å². The predicted molar refractivity (Wildman–Crippen MR) is 141 cm³/mol. The van der Waals surface area contributed by atoms with E-state index in [9.17, 15) is 9.90 Å². The van der Waals surface area contributed by atoms with Gasteiger partial charge in [0, 0.05) is 12.3 Å². The minimum atomic E-state index is -1.05. The molecule has 4 atom stereocenters. The SMILES string of the molecule is COc1ccc(C(OC[C@H]2O[C@@H]3[C@H](Oc4nc(=O)ccn43)[C@@H]2O)(c2ccccc2)c2ccc(OC)cc2)cc1. The molecule has 9 nitrogen and oxygen atoms in total. The Kier molecular flexibility index (Phi) is 6.56. The second kappa shape index (κ2) is 10.2. The highest BCUT2D eigenvalue weighted by Gasteiger charge is 2.52. The molecule has 4 aromatic rings. The van der Waals surface area contributed by atoms with Gasteiger partial charge >= 0.3 is 6.01 Å². The molecule has 9 heteroatoms. The summed E-state index contributed by atoms with van der Waals surface area (Å²) in [6.45, 7) is 0.0490. The Morgan fingerprint density at radius 2 is 1.46 bits per heavy atom. The summed E-state index contributed by atoms with van der Waals surface area (Å²) in [4.78, 5) is 15.5. The summed E-state index contributed by atoms with van der Waals surface area (Å²) in [5.41, 5.74) is 1.18. The van der Waals surface area contributed by atoms with Crippen LogP contribution < -0.4 is 19.8 Å². The highest BCUT2D eigenvalue weighted by molar-refractivity contribution is 5.49. The lowest BCUT2D eigenvalue weighted by Gasteiger charge is -2.37. The van der Waals surface area contributed by atoms with E-state index in [4.69, 9.17) is 23.7 Å². The van der Waals surface area contributed by atoms with Crippen molar-refractivity contribution in [1.82, 2.24) is 9.55 Å². The van der Waals surface area contributed by atoms with Crippen LogP contribution in [0.25, 0.3) is 0 Å². The van der Waals surface area contributed by atoms with Gasteiger partial charge in [0.1, 0.15) is 29.3 Å². The van der Waals surface area contributed by atoms with E-state index < -0.39 is 35.7 Å². The lowest BCUT2D eigenvalue weighted by molar-refractivity contribution is -0.0936. The van der Waals surface area contributed by atoms with Crippen LogP contribution >= 0.6 is 0 Å². The maximum Gasteiger partial charge on any atom is 0.302 e.